The first-order valence-electron chi connectivity index (χ1n) is 5.87. The van der Waals surface area contributed by atoms with Gasteiger partial charge in [-0.05, 0) is 24.6 Å². The van der Waals surface area contributed by atoms with Crippen LogP contribution in [0.5, 0.6) is 0 Å². The molecule has 0 bridgehead atoms. The lowest BCUT2D eigenvalue weighted by molar-refractivity contribution is 0.0793. The van der Waals surface area contributed by atoms with Crippen LogP contribution >= 0.6 is 11.6 Å². The van der Waals surface area contributed by atoms with E-state index in [4.69, 9.17) is 21.8 Å². The van der Waals surface area contributed by atoms with Crippen LogP contribution in [0.2, 0.25) is 5.02 Å². The number of fused-ring (bicyclic) bond motifs is 1. The van der Waals surface area contributed by atoms with Crippen LogP contribution < -0.4 is 5.73 Å². The Labute approximate surface area is 109 Å². The van der Waals surface area contributed by atoms with Gasteiger partial charge < -0.3 is 15.1 Å². The number of amides is 1. The van der Waals surface area contributed by atoms with E-state index in [0.717, 1.165) is 11.8 Å². The van der Waals surface area contributed by atoms with Gasteiger partial charge in [-0.2, -0.15) is 0 Å². The number of carbonyl (C=O) groups is 1. The minimum absolute atomic E-state index is 0.00832. The summed E-state index contributed by atoms with van der Waals surface area (Å²) in [6.07, 6.45) is 2.40. The molecule has 2 N–H and O–H groups in total. The maximum Gasteiger partial charge on any atom is 0.254 e. The summed E-state index contributed by atoms with van der Waals surface area (Å²) in [6, 6.07) is 5.29. The van der Waals surface area contributed by atoms with E-state index in [1.807, 2.05) is 0 Å². The van der Waals surface area contributed by atoms with Gasteiger partial charge in [-0.15, -0.1) is 0 Å². The van der Waals surface area contributed by atoms with Crippen molar-refractivity contribution < 1.29 is 9.21 Å². The molecule has 5 heteroatoms. The quantitative estimate of drug-likeness (QED) is 0.859. The van der Waals surface area contributed by atoms with Crippen LogP contribution in [0.15, 0.2) is 28.9 Å². The van der Waals surface area contributed by atoms with Crippen molar-refractivity contribution in [2.24, 2.45) is 5.73 Å². The van der Waals surface area contributed by atoms with Crippen molar-refractivity contribution in [3.05, 3.63) is 35.0 Å². The number of furan rings is 1. The predicted molar refractivity (Wildman–Crippen MR) is 69.7 cm³/mol. The van der Waals surface area contributed by atoms with Crippen LogP contribution in [0.3, 0.4) is 0 Å². The molecule has 2 heterocycles. The average Bonchev–Trinajstić information content (AvgIpc) is 2.98. The smallest absolute Gasteiger partial charge is 0.254 e. The molecule has 94 valence electrons. The molecule has 1 saturated heterocycles. The van der Waals surface area contributed by atoms with E-state index in [2.05, 4.69) is 0 Å². The van der Waals surface area contributed by atoms with E-state index in [1.54, 1.807) is 29.4 Å². The van der Waals surface area contributed by atoms with Crippen LogP contribution in [-0.2, 0) is 0 Å². The molecule has 1 amide bonds. The molecule has 1 aromatic heterocycles. The maximum atomic E-state index is 12.4. The summed E-state index contributed by atoms with van der Waals surface area (Å²) in [4.78, 5) is 14.2. The molecule has 0 spiro atoms. The third-order valence-electron chi connectivity index (χ3n) is 3.31. The van der Waals surface area contributed by atoms with Gasteiger partial charge in [0.05, 0.1) is 16.8 Å². The van der Waals surface area contributed by atoms with E-state index in [1.165, 1.54) is 0 Å². The highest BCUT2D eigenvalue weighted by Gasteiger charge is 2.26. The van der Waals surface area contributed by atoms with E-state index >= 15 is 0 Å². The van der Waals surface area contributed by atoms with E-state index in [9.17, 15) is 4.79 Å². The lowest BCUT2D eigenvalue weighted by Crippen LogP contribution is -2.31. The van der Waals surface area contributed by atoms with Crippen molar-refractivity contribution >= 4 is 28.5 Å². The first-order valence-corrected chi connectivity index (χ1v) is 6.25. The van der Waals surface area contributed by atoms with Gasteiger partial charge in [-0.1, -0.05) is 11.6 Å². The Balaban J connectivity index is 2.01. The second-order valence-corrected chi connectivity index (χ2v) is 4.97. The predicted octanol–water partition coefficient (Wildman–Crippen LogP) is 2.26. The Morgan fingerprint density at radius 2 is 2.28 bits per heavy atom. The fourth-order valence-corrected chi connectivity index (χ4v) is 2.57. The fourth-order valence-electron chi connectivity index (χ4n) is 2.36. The maximum absolute atomic E-state index is 12.4. The monoisotopic (exact) mass is 264 g/mol. The zero-order valence-corrected chi connectivity index (χ0v) is 10.5. The van der Waals surface area contributed by atoms with Crippen LogP contribution in [0.1, 0.15) is 16.8 Å². The van der Waals surface area contributed by atoms with Crippen LogP contribution in [0.25, 0.3) is 11.0 Å². The van der Waals surface area contributed by atoms with Gasteiger partial charge in [0.25, 0.3) is 5.91 Å². The van der Waals surface area contributed by atoms with Gasteiger partial charge in [-0.25, -0.2) is 0 Å². The van der Waals surface area contributed by atoms with E-state index < -0.39 is 0 Å². The first-order chi connectivity index (χ1) is 8.66. The molecular weight excluding hydrogens is 252 g/mol. The number of benzene rings is 1. The standard InChI is InChI=1S/C13H13ClN2O2/c14-11-2-1-10(9-4-6-18-12(9)11)13(17)16-5-3-8(15)7-16/h1-2,4,6,8H,3,5,7,15H2. The van der Waals surface area contributed by atoms with Gasteiger partial charge in [0.1, 0.15) is 0 Å². The van der Waals surface area contributed by atoms with Crippen LogP contribution in [0, 0.1) is 0 Å². The van der Waals surface area contributed by atoms with Crippen LogP contribution in [0.4, 0.5) is 0 Å². The molecular formula is C13H13ClN2O2. The molecule has 1 aliphatic heterocycles. The second-order valence-electron chi connectivity index (χ2n) is 4.56. The molecule has 1 aromatic carbocycles. The number of nitrogens with two attached hydrogens (primary N) is 1. The van der Waals surface area contributed by atoms with Gasteiger partial charge in [-0.3, -0.25) is 4.79 Å². The normalized spacial score (nSPS) is 19.7. The number of hydrogen-bond acceptors (Lipinski definition) is 3. The lowest BCUT2D eigenvalue weighted by Gasteiger charge is -2.16. The SMILES string of the molecule is NC1CCN(C(=O)c2ccc(Cl)c3occc23)C1. The van der Waals surface area contributed by atoms with E-state index in [-0.39, 0.29) is 11.9 Å². The zero-order chi connectivity index (χ0) is 12.7. The third-order valence-corrected chi connectivity index (χ3v) is 3.61. The van der Waals surface area contributed by atoms with Gasteiger partial charge in [0.15, 0.2) is 5.58 Å². The van der Waals surface area contributed by atoms with Gasteiger partial charge in [0.2, 0.25) is 0 Å². The Morgan fingerprint density at radius 1 is 1.44 bits per heavy atom. The molecule has 0 saturated carbocycles. The van der Waals surface area contributed by atoms with E-state index in [0.29, 0.717) is 29.3 Å². The molecule has 1 unspecified atom stereocenters. The number of rotatable bonds is 1. The summed E-state index contributed by atoms with van der Waals surface area (Å²) in [5, 5.41) is 1.28. The second kappa shape index (κ2) is 4.30. The van der Waals surface area contributed by atoms with Crippen LogP contribution in [-0.4, -0.2) is 29.9 Å². The molecule has 3 rings (SSSR count). The summed E-state index contributed by atoms with van der Waals surface area (Å²) in [5.74, 6) is -0.00832. The number of halogens is 1. The highest BCUT2D eigenvalue weighted by atomic mass is 35.5. The molecule has 1 aliphatic rings. The van der Waals surface area contributed by atoms with Gasteiger partial charge >= 0.3 is 0 Å². The lowest BCUT2D eigenvalue weighted by atomic mass is 10.1. The number of nitrogens with zero attached hydrogens (tertiary/aromatic N) is 1. The largest absolute Gasteiger partial charge is 0.463 e. The molecule has 2 aromatic rings. The summed E-state index contributed by atoms with van der Waals surface area (Å²) in [7, 11) is 0. The topological polar surface area (TPSA) is 59.5 Å². The molecule has 18 heavy (non-hydrogen) atoms. The number of carbonyl (C=O) groups excluding carboxylic acids is 1. The molecule has 0 radical (unpaired) electrons. The number of hydrogen-bond donors (Lipinski definition) is 1. The number of likely N-dealkylation sites (tertiary alicyclic amines) is 1. The van der Waals surface area contributed by atoms with Crippen molar-refractivity contribution in [2.75, 3.05) is 13.1 Å². The molecule has 0 aliphatic carbocycles. The van der Waals surface area contributed by atoms with Crippen molar-refractivity contribution in [2.45, 2.75) is 12.5 Å². The summed E-state index contributed by atoms with van der Waals surface area (Å²) >= 11 is 6.02. The third kappa shape index (κ3) is 1.78. The zero-order valence-electron chi connectivity index (χ0n) is 9.73. The molecule has 1 fully saturated rings. The summed E-state index contributed by atoms with van der Waals surface area (Å²) < 4.78 is 5.30. The average molecular weight is 265 g/mol. The first kappa shape index (κ1) is 11.6. The Hall–Kier alpha value is -1.52. The summed E-state index contributed by atoms with van der Waals surface area (Å²) in [6.45, 7) is 1.32. The minimum atomic E-state index is -0.00832. The van der Waals surface area contributed by atoms with Gasteiger partial charge in [0, 0.05) is 24.5 Å². The molecule has 1 atom stereocenters. The minimum Gasteiger partial charge on any atom is -0.463 e. The Morgan fingerprint density at radius 3 is 3.00 bits per heavy atom. The Bertz CT molecular complexity index is 608. The highest BCUT2D eigenvalue weighted by molar-refractivity contribution is 6.35. The van der Waals surface area contributed by atoms with Crippen molar-refractivity contribution in [3.8, 4) is 0 Å². The fraction of sp³-hybridized carbons (Fsp3) is 0.308. The van der Waals surface area contributed by atoms with Crippen molar-refractivity contribution in [1.82, 2.24) is 4.90 Å². The van der Waals surface area contributed by atoms with Crippen molar-refractivity contribution in [1.29, 1.82) is 0 Å². The highest BCUT2D eigenvalue weighted by Crippen LogP contribution is 2.28. The van der Waals surface area contributed by atoms with Crippen molar-refractivity contribution in [3.63, 3.8) is 0 Å². The summed E-state index contributed by atoms with van der Waals surface area (Å²) in [5.41, 5.74) is 7.01. The molecule has 4 nitrogen and oxygen atoms in total. The Kier molecular flexibility index (Phi) is 2.76.